The maximum Gasteiger partial charge on any atom is 0.161 e. The normalized spacial score (nSPS) is 20.6. The van der Waals surface area contributed by atoms with E-state index in [4.69, 9.17) is 14.7 Å². The molecule has 2 unspecified atom stereocenters. The van der Waals surface area contributed by atoms with E-state index in [1.165, 1.54) is 24.8 Å². The quantitative estimate of drug-likeness (QED) is 0.745. The summed E-state index contributed by atoms with van der Waals surface area (Å²) in [6.07, 6.45) is 5.18. The van der Waals surface area contributed by atoms with Crippen molar-refractivity contribution in [3.8, 4) is 17.6 Å². The number of nitriles is 1. The third kappa shape index (κ3) is 4.64. The summed E-state index contributed by atoms with van der Waals surface area (Å²) < 4.78 is 11.1. The van der Waals surface area contributed by atoms with E-state index in [0.29, 0.717) is 19.1 Å². The molecule has 1 N–H and O–H groups in total. The van der Waals surface area contributed by atoms with Gasteiger partial charge in [-0.3, -0.25) is 0 Å². The average molecular weight is 302 g/mol. The predicted molar refractivity (Wildman–Crippen MR) is 87.0 cm³/mol. The Balaban J connectivity index is 1.92. The number of unbranched alkanes of at least 4 members (excludes halogenated alkanes) is 1. The van der Waals surface area contributed by atoms with Gasteiger partial charge in [0.1, 0.15) is 0 Å². The third-order valence-electron chi connectivity index (χ3n) is 4.35. The fourth-order valence-electron chi connectivity index (χ4n) is 2.97. The van der Waals surface area contributed by atoms with Crippen molar-refractivity contribution in [3.05, 3.63) is 23.8 Å². The highest BCUT2D eigenvalue weighted by molar-refractivity contribution is 5.43. The zero-order valence-corrected chi connectivity index (χ0v) is 13.6. The molecule has 1 aliphatic carbocycles. The summed E-state index contributed by atoms with van der Waals surface area (Å²) in [6.45, 7) is 3.72. The zero-order chi connectivity index (χ0) is 15.8. The van der Waals surface area contributed by atoms with E-state index in [1.807, 2.05) is 12.1 Å². The van der Waals surface area contributed by atoms with Crippen molar-refractivity contribution in [1.29, 1.82) is 5.26 Å². The van der Waals surface area contributed by atoms with E-state index in [2.05, 4.69) is 24.4 Å². The second kappa shape index (κ2) is 8.65. The van der Waals surface area contributed by atoms with Gasteiger partial charge in [-0.1, -0.05) is 19.4 Å². The van der Waals surface area contributed by atoms with Gasteiger partial charge in [-0.2, -0.15) is 5.26 Å². The summed E-state index contributed by atoms with van der Waals surface area (Å²) in [5.41, 5.74) is 1.20. The van der Waals surface area contributed by atoms with Gasteiger partial charge in [-0.25, -0.2) is 0 Å². The van der Waals surface area contributed by atoms with Gasteiger partial charge in [0.2, 0.25) is 0 Å². The molecule has 4 heteroatoms. The Morgan fingerprint density at radius 2 is 2.18 bits per heavy atom. The molecule has 0 saturated heterocycles. The van der Waals surface area contributed by atoms with Crippen LogP contribution >= 0.6 is 0 Å². The van der Waals surface area contributed by atoms with Crippen LogP contribution in [0.3, 0.4) is 0 Å². The number of hydrogen-bond donors (Lipinski definition) is 1. The number of nitrogens with one attached hydrogen (secondary N) is 1. The minimum Gasteiger partial charge on any atom is -0.493 e. The van der Waals surface area contributed by atoms with Crippen LogP contribution in [0.5, 0.6) is 11.5 Å². The number of benzene rings is 1. The van der Waals surface area contributed by atoms with Crippen molar-refractivity contribution in [2.75, 3.05) is 13.7 Å². The molecule has 0 aliphatic heterocycles. The highest BCUT2D eigenvalue weighted by atomic mass is 16.5. The maximum atomic E-state index is 8.56. The van der Waals surface area contributed by atoms with Crippen LogP contribution in [0, 0.1) is 17.2 Å². The van der Waals surface area contributed by atoms with Crippen LogP contribution in [-0.4, -0.2) is 19.8 Å². The lowest BCUT2D eigenvalue weighted by Crippen LogP contribution is -2.30. The molecule has 4 nitrogen and oxygen atoms in total. The van der Waals surface area contributed by atoms with E-state index in [1.54, 1.807) is 7.11 Å². The van der Waals surface area contributed by atoms with Crippen LogP contribution < -0.4 is 14.8 Å². The lowest BCUT2D eigenvalue weighted by Gasteiger charge is -2.18. The zero-order valence-electron chi connectivity index (χ0n) is 13.6. The molecule has 1 aromatic rings. The van der Waals surface area contributed by atoms with E-state index < -0.39 is 0 Å². The molecule has 0 spiro atoms. The lowest BCUT2D eigenvalue weighted by molar-refractivity contribution is 0.290. The summed E-state index contributed by atoms with van der Waals surface area (Å²) >= 11 is 0. The van der Waals surface area contributed by atoms with Gasteiger partial charge in [-0.15, -0.1) is 0 Å². The number of rotatable bonds is 8. The topological polar surface area (TPSA) is 54.3 Å². The number of methoxy groups -OCH3 is 1. The first-order chi connectivity index (χ1) is 10.7. The molecule has 0 radical (unpaired) electrons. The van der Waals surface area contributed by atoms with Crippen LogP contribution in [0.15, 0.2) is 18.2 Å². The number of hydrogen-bond acceptors (Lipinski definition) is 4. The maximum absolute atomic E-state index is 8.56. The molecule has 22 heavy (non-hydrogen) atoms. The fourth-order valence-corrected chi connectivity index (χ4v) is 2.97. The highest BCUT2D eigenvalue weighted by Gasteiger charge is 2.22. The molecule has 0 heterocycles. The Labute approximate surface area is 133 Å². The number of nitrogens with zero attached hydrogens (tertiary/aromatic N) is 1. The summed E-state index contributed by atoms with van der Waals surface area (Å²) in [7, 11) is 1.65. The van der Waals surface area contributed by atoms with Crippen LogP contribution in [0.4, 0.5) is 0 Å². The van der Waals surface area contributed by atoms with Crippen molar-refractivity contribution in [3.63, 3.8) is 0 Å². The first-order valence-electron chi connectivity index (χ1n) is 8.14. The van der Waals surface area contributed by atoms with Gasteiger partial charge in [0, 0.05) is 19.0 Å². The van der Waals surface area contributed by atoms with Crippen molar-refractivity contribution in [1.82, 2.24) is 5.32 Å². The van der Waals surface area contributed by atoms with Crippen molar-refractivity contribution >= 4 is 0 Å². The van der Waals surface area contributed by atoms with Crippen molar-refractivity contribution < 1.29 is 9.47 Å². The van der Waals surface area contributed by atoms with Crippen LogP contribution in [0.1, 0.15) is 44.6 Å². The number of ether oxygens (including phenoxy) is 2. The Morgan fingerprint density at radius 1 is 1.32 bits per heavy atom. The summed E-state index contributed by atoms with van der Waals surface area (Å²) in [5, 5.41) is 12.2. The molecular formula is C18H26N2O2. The van der Waals surface area contributed by atoms with Gasteiger partial charge < -0.3 is 14.8 Å². The van der Waals surface area contributed by atoms with Crippen molar-refractivity contribution in [2.24, 2.45) is 5.92 Å². The first kappa shape index (κ1) is 16.6. The van der Waals surface area contributed by atoms with E-state index in [9.17, 15) is 0 Å². The minimum atomic E-state index is 0.517. The summed E-state index contributed by atoms with van der Waals surface area (Å²) in [4.78, 5) is 0. The molecule has 2 atom stereocenters. The summed E-state index contributed by atoms with van der Waals surface area (Å²) in [6, 6.07) is 8.82. The third-order valence-corrected chi connectivity index (χ3v) is 4.35. The van der Waals surface area contributed by atoms with E-state index >= 15 is 0 Å². The Bertz CT molecular complexity index is 510. The standard InChI is InChI=1S/C18H26N2O2/c1-14-6-5-7-16(14)20-13-15-8-9-17(21-2)18(12-15)22-11-4-3-10-19/h8-9,12,14,16,20H,3-7,11,13H2,1-2H3. The molecule has 1 fully saturated rings. The van der Waals surface area contributed by atoms with Crippen LogP contribution in [0.25, 0.3) is 0 Å². The molecule has 0 aromatic heterocycles. The molecule has 0 bridgehead atoms. The molecule has 2 rings (SSSR count). The second-order valence-corrected chi connectivity index (χ2v) is 5.99. The predicted octanol–water partition coefficient (Wildman–Crippen LogP) is 3.66. The molecule has 120 valence electrons. The Hall–Kier alpha value is -1.73. The van der Waals surface area contributed by atoms with Gasteiger partial charge >= 0.3 is 0 Å². The largest absolute Gasteiger partial charge is 0.493 e. The van der Waals surface area contributed by atoms with Crippen LogP contribution in [0.2, 0.25) is 0 Å². The molecule has 0 amide bonds. The van der Waals surface area contributed by atoms with Gasteiger partial charge in [0.15, 0.2) is 11.5 Å². The second-order valence-electron chi connectivity index (χ2n) is 5.99. The molecular weight excluding hydrogens is 276 g/mol. The van der Waals surface area contributed by atoms with E-state index in [-0.39, 0.29) is 0 Å². The monoisotopic (exact) mass is 302 g/mol. The SMILES string of the molecule is COc1ccc(CNC2CCCC2C)cc1OCCCC#N. The minimum absolute atomic E-state index is 0.517. The van der Waals surface area contributed by atoms with E-state index in [0.717, 1.165) is 30.4 Å². The fraction of sp³-hybridized carbons (Fsp3) is 0.611. The molecule has 1 aliphatic rings. The Morgan fingerprint density at radius 3 is 2.86 bits per heavy atom. The first-order valence-corrected chi connectivity index (χ1v) is 8.14. The molecule has 1 aromatic carbocycles. The van der Waals surface area contributed by atoms with Gasteiger partial charge in [0.25, 0.3) is 0 Å². The van der Waals surface area contributed by atoms with Crippen LogP contribution in [-0.2, 0) is 6.54 Å². The Kier molecular flexibility index (Phi) is 6.54. The average Bonchev–Trinajstić information content (AvgIpc) is 2.95. The highest BCUT2D eigenvalue weighted by Crippen LogP contribution is 2.29. The molecule has 1 saturated carbocycles. The van der Waals surface area contributed by atoms with Gasteiger partial charge in [0.05, 0.1) is 19.8 Å². The lowest BCUT2D eigenvalue weighted by atomic mass is 10.1. The van der Waals surface area contributed by atoms with Gasteiger partial charge in [-0.05, 0) is 42.9 Å². The summed E-state index contributed by atoms with van der Waals surface area (Å²) in [5.74, 6) is 2.27. The van der Waals surface area contributed by atoms with Crippen molar-refractivity contribution in [2.45, 2.75) is 51.6 Å². The smallest absolute Gasteiger partial charge is 0.161 e.